The molecule has 0 radical (unpaired) electrons. The number of hydrogen-bond acceptors (Lipinski definition) is 1. The van der Waals surface area contributed by atoms with E-state index >= 15 is 0 Å². The summed E-state index contributed by atoms with van der Waals surface area (Å²) in [6.07, 6.45) is 6.69. The number of hydrogen-bond donors (Lipinski definition) is 1. The third-order valence-electron chi connectivity index (χ3n) is 3.59. The van der Waals surface area contributed by atoms with Crippen LogP contribution in [0.3, 0.4) is 0 Å². The molecule has 0 aliphatic heterocycles. The first-order valence-electron chi connectivity index (χ1n) is 6.39. The molecule has 1 aliphatic rings. The van der Waals surface area contributed by atoms with Crippen molar-refractivity contribution in [3.63, 3.8) is 0 Å². The summed E-state index contributed by atoms with van der Waals surface area (Å²) in [7, 11) is 0. The third-order valence-corrected chi connectivity index (χ3v) is 3.59. The Morgan fingerprint density at radius 3 is 2.47 bits per heavy atom. The maximum absolute atomic E-state index is 10.8. The van der Waals surface area contributed by atoms with Gasteiger partial charge in [0.05, 0.1) is 5.60 Å². The number of aliphatic hydroxyl groups is 1. The highest BCUT2D eigenvalue weighted by Crippen LogP contribution is 2.39. The van der Waals surface area contributed by atoms with Gasteiger partial charge in [0.2, 0.25) is 0 Å². The van der Waals surface area contributed by atoms with Crippen LogP contribution in [-0.2, 0) is 0 Å². The summed E-state index contributed by atoms with van der Waals surface area (Å²) in [4.78, 5) is 0. The van der Waals surface area contributed by atoms with Crippen LogP contribution in [0.5, 0.6) is 0 Å². The van der Waals surface area contributed by atoms with E-state index in [1.54, 1.807) is 0 Å². The largest absolute Gasteiger partial charge is 0.385 e. The van der Waals surface area contributed by atoms with E-state index in [2.05, 4.69) is 38.1 Å². The van der Waals surface area contributed by atoms with Gasteiger partial charge in [0.25, 0.3) is 0 Å². The van der Waals surface area contributed by atoms with Crippen LogP contribution in [-0.4, -0.2) is 10.7 Å². The lowest BCUT2D eigenvalue weighted by Crippen LogP contribution is -2.31. The summed E-state index contributed by atoms with van der Waals surface area (Å²) in [6.45, 7) is 4.19. The van der Waals surface area contributed by atoms with E-state index in [1.807, 2.05) is 18.2 Å². The lowest BCUT2D eigenvalue weighted by Gasteiger charge is -2.33. The first-order chi connectivity index (χ1) is 8.21. The molecule has 0 aromatic heterocycles. The third kappa shape index (κ3) is 2.20. The van der Waals surface area contributed by atoms with Crippen molar-refractivity contribution in [2.45, 2.75) is 38.7 Å². The zero-order valence-corrected chi connectivity index (χ0v) is 10.6. The van der Waals surface area contributed by atoms with Crippen molar-refractivity contribution in [2.24, 2.45) is 0 Å². The molecule has 1 aromatic carbocycles. The van der Waals surface area contributed by atoms with Gasteiger partial charge < -0.3 is 5.11 Å². The van der Waals surface area contributed by atoms with Gasteiger partial charge in [-0.15, -0.1) is 0 Å². The molecule has 0 heterocycles. The summed E-state index contributed by atoms with van der Waals surface area (Å²) < 4.78 is 0. The molecule has 1 atom stereocenters. The quantitative estimate of drug-likeness (QED) is 0.830. The van der Waals surface area contributed by atoms with Gasteiger partial charge in [-0.05, 0) is 36.0 Å². The lowest BCUT2D eigenvalue weighted by molar-refractivity contribution is 0.0989. The Morgan fingerprint density at radius 1 is 1.18 bits per heavy atom. The fraction of sp³-hybridized carbons (Fsp3) is 0.375. The van der Waals surface area contributed by atoms with E-state index in [1.165, 1.54) is 5.57 Å². The average Bonchev–Trinajstić information content (AvgIpc) is 2.39. The van der Waals surface area contributed by atoms with E-state index < -0.39 is 5.60 Å². The van der Waals surface area contributed by atoms with Gasteiger partial charge >= 0.3 is 0 Å². The van der Waals surface area contributed by atoms with Crippen molar-refractivity contribution >= 4 is 5.57 Å². The van der Waals surface area contributed by atoms with Gasteiger partial charge in [0, 0.05) is 0 Å². The number of allylic oxidation sites excluding steroid dienone is 2. The molecule has 1 N–H and O–H groups in total. The van der Waals surface area contributed by atoms with Crippen molar-refractivity contribution in [1.82, 2.24) is 0 Å². The van der Waals surface area contributed by atoms with E-state index in [0.717, 1.165) is 30.4 Å². The fourth-order valence-corrected chi connectivity index (χ4v) is 2.56. The van der Waals surface area contributed by atoms with Crippen molar-refractivity contribution in [3.05, 3.63) is 53.6 Å². The highest BCUT2D eigenvalue weighted by Gasteiger charge is 2.33. The van der Waals surface area contributed by atoms with Crippen molar-refractivity contribution < 1.29 is 5.11 Å². The van der Waals surface area contributed by atoms with Gasteiger partial charge in [-0.2, -0.15) is 0 Å². The van der Waals surface area contributed by atoms with Gasteiger partial charge in [0.1, 0.15) is 0 Å². The minimum Gasteiger partial charge on any atom is -0.385 e. The second kappa shape index (κ2) is 4.89. The molecular weight excluding hydrogens is 208 g/mol. The summed E-state index contributed by atoms with van der Waals surface area (Å²) in [6, 6.07) is 10.3. The average molecular weight is 228 g/mol. The maximum Gasteiger partial charge on any atom is 0.0936 e. The predicted molar refractivity (Wildman–Crippen MR) is 72.7 cm³/mol. The fourth-order valence-electron chi connectivity index (χ4n) is 2.56. The van der Waals surface area contributed by atoms with Crippen LogP contribution >= 0.6 is 0 Å². The van der Waals surface area contributed by atoms with Crippen LogP contribution in [0.4, 0.5) is 0 Å². The second-order valence-corrected chi connectivity index (χ2v) is 4.61. The molecule has 90 valence electrons. The molecule has 1 nitrogen and oxygen atoms in total. The molecule has 0 saturated heterocycles. The highest BCUT2D eigenvalue weighted by molar-refractivity contribution is 5.78. The molecule has 0 saturated carbocycles. The van der Waals surface area contributed by atoms with Gasteiger partial charge in [0.15, 0.2) is 0 Å². The van der Waals surface area contributed by atoms with Crippen LogP contribution in [0.2, 0.25) is 0 Å². The van der Waals surface area contributed by atoms with Crippen molar-refractivity contribution in [2.75, 3.05) is 0 Å². The van der Waals surface area contributed by atoms with Crippen LogP contribution in [0, 0.1) is 0 Å². The number of benzene rings is 1. The van der Waals surface area contributed by atoms with Crippen LogP contribution in [0.15, 0.2) is 48.1 Å². The van der Waals surface area contributed by atoms with Crippen LogP contribution < -0.4 is 0 Å². The minimum absolute atomic E-state index is 0.693. The topological polar surface area (TPSA) is 20.2 Å². The van der Waals surface area contributed by atoms with Crippen LogP contribution in [0.1, 0.15) is 38.7 Å². The summed E-state index contributed by atoms with van der Waals surface area (Å²) in [5.74, 6) is 0. The van der Waals surface area contributed by atoms with Crippen molar-refractivity contribution in [1.29, 1.82) is 0 Å². The Bertz CT molecular complexity index is 442. The van der Waals surface area contributed by atoms with Gasteiger partial charge in [-0.3, -0.25) is 0 Å². The molecule has 0 amide bonds. The summed E-state index contributed by atoms with van der Waals surface area (Å²) >= 11 is 0. The first-order valence-corrected chi connectivity index (χ1v) is 6.39. The van der Waals surface area contributed by atoms with E-state index in [9.17, 15) is 5.11 Å². The SMILES string of the molecule is CCC1=C(c2ccccc2)C(O)(CC)CC=C1. The smallest absolute Gasteiger partial charge is 0.0936 e. The normalized spacial score (nSPS) is 24.2. The van der Waals surface area contributed by atoms with Gasteiger partial charge in [-0.1, -0.05) is 56.3 Å². The molecule has 0 spiro atoms. The summed E-state index contributed by atoms with van der Waals surface area (Å²) in [5.41, 5.74) is 2.83. The first kappa shape index (κ1) is 12.1. The molecule has 1 aliphatic carbocycles. The number of rotatable bonds is 3. The predicted octanol–water partition coefficient (Wildman–Crippen LogP) is 3.95. The zero-order chi connectivity index (χ0) is 12.3. The van der Waals surface area contributed by atoms with Crippen molar-refractivity contribution in [3.8, 4) is 0 Å². The Hall–Kier alpha value is -1.34. The molecule has 2 rings (SSSR count). The zero-order valence-electron chi connectivity index (χ0n) is 10.6. The summed E-state index contributed by atoms with van der Waals surface area (Å²) in [5, 5.41) is 10.8. The molecular formula is C16H20O. The van der Waals surface area contributed by atoms with Gasteiger partial charge in [-0.25, -0.2) is 0 Å². The molecule has 17 heavy (non-hydrogen) atoms. The Balaban J connectivity index is 2.57. The molecule has 0 bridgehead atoms. The monoisotopic (exact) mass is 228 g/mol. The second-order valence-electron chi connectivity index (χ2n) is 4.61. The standard InChI is InChI=1S/C16H20O/c1-3-13-11-8-12-16(17,4-2)15(13)14-9-6-5-7-10-14/h5-11,17H,3-4,12H2,1-2H3. The maximum atomic E-state index is 10.8. The Kier molecular flexibility index (Phi) is 3.49. The highest BCUT2D eigenvalue weighted by atomic mass is 16.3. The Labute approximate surface area is 103 Å². The molecule has 1 heteroatoms. The molecule has 1 aromatic rings. The minimum atomic E-state index is -0.693. The molecule has 0 fully saturated rings. The molecule has 1 unspecified atom stereocenters. The van der Waals surface area contributed by atoms with Crippen LogP contribution in [0.25, 0.3) is 5.57 Å². The van der Waals surface area contributed by atoms with E-state index in [-0.39, 0.29) is 0 Å². The van der Waals surface area contributed by atoms with E-state index in [0.29, 0.717) is 0 Å². The van der Waals surface area contributed by atoms with E-state index in [4.69, 9.17) is 0 Å². The lowest BCUT2D eigenvalue weighted by atomic mass is 9.77. The Morgan fingerprint density at radius 2 is 1.88 bits per heavy atom.